The van der Waals surface area contributed by atoms with Gasteiger partial charge in [-0.05, 0) is 23.8 Å². The van der Waals surface area contributed by atoms with Crippen LogP contribution < -0.4 is 5.32 Å². The number of anilines is 2. The highest BCUT2D eigenvalue weighted by Gasteiger charge is 2.54. The molecule has 12 heteroatoms. The molecule has 0 saturated heterocycles. The average molecular weight is 419 g/mol. The van der Waals surface area contributed by atoms with Crippen LogP contribution in [-0.4, -0.2) is 29.9 Å². The lowest BCUT2D eigenvalue weighted by Gasteiger charge is -2.18. The Balaban J connectivity index is 2.18. The lowest BCUT2D eigenvalue weighted by molar-refractivity contribution is -0.0977. The van der Waals surface area contributed by atoms with Gasteiger partial charge in [0.15, 0.2) is 0 Å². The van der Waals surface area contributed by atoms with Gasteiger partial charge in [0.1, 0.15) is 12.2 Å². The molecule has 3 rings (SSSR count). The molecule has 1 heterocycles. The van der Waals surface area contributed by atoms with Crippen LogP contribution in [0.2, 0.25) is 0 Å². The summed E-state index contributed by atoms with van der Waals surface area (Å²) in [5, 5.41) is 21.3. The fraction of sp³-hybridized carbons (Fsp3) is 0.250. The third-order valence-corrected chi connectivity index (χ3v) is 5.69. The molecule has 6 nitrogen and oxygen atoms in total. The zero-order valence-corrected chi connectivity index (χ0v) is 14.4. The third-order valence-electron chi connectivity index (χ3n) is 4.14. The number of aromatic nitrogens is 1. The van der Waals surface area contributed by atoms with Crippen molar-refractivity contribution < 1.29 is 35.5 Å². The average Bonchev–Trinajstić information content (AvgIpc) is 2.85. The van der Waals surface area contributed by atoms with Gasteiger partial charge in [-0.15, -0.1) is 0 Å². The van der Waals surface area contributed by atoms with Crippen molar-refractivity contribution in [3.8, 4) is 6.07 Å². The van der Waals surface area contributed by atoms with E-state index in [0.29, 0.717) is 6.07 Å². The molecule has 0 aliphatic heterocycles. The first-order chi connectivity index (χ1) is 12.9. The Morgan fingerprint density at radius 1 is 1.29 bits per heavy atom. The summed E-state index contributed by atoms with van der Waals surface area (Å²) >= 11 is 0. The maximum Gasteiger partial charge on any atom is 0.501 e. The van der Waals surface area contributed by atoms with Crippen LogP contribution in [0.5, 0.6) is 0 Å². The van der Waals surface area contributed by atoms with Crippen molar-refractivity contribution in [3.05, 3.63) is 47.3 Å². The van der Waals surface area contributed by atoms with Gasteiger partial charge in [0.2, 0.25) is 0 Å². The number of nitriles is 1. The predicted octanol–water partition coefficient (Wildman–Crippen LogP) is 3.22. The molecule has 0 bridgehead atoms. The second kappa shape index (κ2) is 6.39. The van der Waals surface area contributed by atoms with Crippen LogP contribution in [0.1, 0.15) is 22.8 Å². The Kier molecular flexibility index (Phi) is 4.55. The molecular formula is C16H10F5N3O3S. The first-order valence-corrected chi connectivity index (χ1v) is 9.02. The lowest BCUT2D eigenvalue weighted by atomic mass is 10.1. The van der Waals surface area contributed by atoms with Gasteiger partial charge >= 0.3 is 5.51 Å². The van der Waals surface area contributed by atoms with Gasteiger partial charge in [0, 0.05) is 23.9 Å². The van der Waals surface area contributed by atoms with E-state index in [1.54, 1.807) is 6.07 Å². The van der Waals surface area contributed by atoms with Crippen LogP contribution in [-0.2, 0) is 16.3 Å². The standard InChI is InChI=1S/C16H10F5N3O3S/c17-15(18)4-10-11(24-9-3-8(5-22)6-23-7-9)1-2-12(13(10)14(15)25)28(26,27)16(19,20)21/h1-3,6-7,14,24-25H,4H2. The molecule has 1 aromatic heterocycles. The SMILES string of the molecule is N#Cc1cncc(Nc2ccc(S(=O)(=O)C(F)(F)F)c3c2CC(F)(F)C3O)c1. The quantitative estimate of drug-likeness (QED) is 0.741. The lowest BCUT2D eigenvalue weighted by Crippen LogP contribution is -2.26. The number of fused-ring (bicyclic) bond motifs is 1. The molecular weight excluding hydrogens is 409 g/mol. The van der Waals surface area contributed by atoms with Crippen molar-refractivity contribution >= 4 is 21.2 Å². The second-order valence-electron chi connectivity index (χ2n) is 5.99. The topological polar surface area (TPSA) is 103 Å². The van der Waals surface area contributed by atoms with Gasteiger partial charge in [-0.3, -0.25) is 4.98 Å². The Bertz CT molecular complexity index is 1090. The second-order valence-corrected chi connectivity index (χ2v) is 7.90. The third kappa shape index (κ3) is 3.16. The summed E-state index contributed by atoms with van der Waals surface area (Å²) in [5.74, 6) is -3.86. The molecule has 0 spiro atoms. The molecule has 2 N–H and O–H groups in total. The molecule has 2 aromatic rings. The van der Waals surface area contributed by atoms with Crippen molar-refractivity contribution in [2.45, 2.75) is 28.9 Å². The smallest absolute Gasteiger partial charge is 0.382 e. The summed E-state index contributed by atoms with van der Waals surface area (Å²) < 4.78 is 90.4. The summed E-state index contributed by atoms with van der Waals surface area (Å²) in [6, 6.07) is 4.52. The normalized spacial score (nSPS) is 18.4. The fourth-order valence-electron chi connectivity index (χ4n) is 2.88. The van der Waals surface area contributed by atoms with Gasteiger partial charge in [-0.25, -0.2) is 17.2 Å². The minimum atomic E-state index is -5.96. The summed E-state index contributed by atoms with van der Waals surface area (Å²) in [7, 11) is -5.96. The first-order valence-electron chi connectivity index (χ1n) is 7.53. The van der Waals surface area contributed by atoms with E-state index in [1.807, 2.05) is 0 Å². The number of hydrogen-bond acceptors (Lipinski definition) is 6. The van der Waals surface area contributed by atoms with E-state index in [-0.39, 0.29) is 16.9 Å². The van der Waals surface area contributed by atoms with E-state index in [2.05, 4.69) is 10.3 Å². The summed E-state index contributed by atoms with van der Waals surface area (Å²) in [5.41, 5.74) is -7.04. The van der Waals surface area contributed by atoms with E-state index in [1.165, 1.54) is 18.5 Å². The molecule has 1 atom stereocenters. The molecule has 0 amide bonds. The molecule has 0 fully saturated rings. The van der Waals surface area contributed by atoms with Crippen LogP contribution in [0.4, 0.5) is 33.3 Å². The summed E-state index contributed by atoms with van der Waals surface area (Å²) in [6.45, 7) is 0. The summed E-state index contributed by atoms with van der Waals surface area (Å²) in [6.07, 6.45) is -1.43. The Labute approximate surface area is 155 Å². The maximum absolute atomic E-state index is 14.0. The minimum absolute atomic E-state index is 0.128. The molecule has 1 aromatic carbocycles. The van der Waals surface area contributed by atoms with Crippen LogP contribution in [0.25, 0.3) is 0 Å². The molecule has 0 saturated carbocycles. The highest BCUT2D eigenvalue weighted by Crippen LogP contribution is 2.50. The molecule has 1 unspecified atom stereocenters. The van der Waals surface area contributed by atoms with Crippen molar-refractivity contribution in [3.63, 3.8) is 0 Å². The van der Waals surface area contributed by atoms with Crippen LogP contribution in [0.15, 0.2) is 35.5 Å². The monoisotopic (exact) mass is 419 g/mol. The number of nitrogens with zero attached hydrogens (tertiary/aromatic N) is 2. The molecule has 148 valence electrons. The number of halogens is 5. The number of benzene rings is 1. The van der Waals surface area contributed by atoms with E-state index in [0.717, 1.165) is 6.07 Å². The van der Waals surface area contributed by atoms with E-state index in [4.69, 9.17) is 5.26 Å². The molecule has 1 aliphatic carbocycles. The van der Waals surface area contributed by atoms with E-state index in [9.17, 15) is 35.5 Å². The summed E-state index contributed by atoms with van der Waals surface area (Å²) in [4.78, 5) is 2.33. The van der Waals surface area contributed by atoms with Crippen molar-refractivity contribution in [1.29, 1.82) is 5.26 Å². The first kappa shape index (κ1) is 20.0. The molecule has 28 heavy (non-hydrogen) atoms. The Morgan fingerprint density at radius 3 is 2.57 bits per heavy atom. The van der Waals surface area contributed by atoms with Gasteiger partial charge in [-0.2, -0.15) is 18.4 Å². The fourth-order valence-corrected chi connectivity index (χ4v) is 3.90. The number of sulfone groups is 1. The van der Waals surface area contributed by atoms with E-state index >= 15 is 0 Å². The van der Waals surface area contributed by atoms with Crippen LogP contribution in [0.3, 0.4) is 0 Å². The largest absolute Gasteiger partial charge is 0.501 e. The highest BCUT2D eigenvalue weighted by atomic mass is 32.2. The number of pyridine rings is 1. The Hall–Kier alpha value is -2.78. The van der Waals surface area contributed by atoms with Crippen molar-refractivity contribution in [1.82, 2.24) is 4.98 Å². The number of nitrogens with one attached hydrogen (secondary N) is 1. The van der Waals surface area contributed by atoms with Gasteiger partial charge in [-0.1, -0.05) is 0 Å². The van der Waals surface area contributed by atoms with Gasteiger partial charge in [0.25, 0.3) is 15.8 Å². The number of hydrogen-bond donors (Lipinski definition) is 2. The predicted molar refractivity (Wildman–Crippen MR) is 85.5 cm³/mol. The number of rotatable bonds is 3. The number of alkyl halides is 5. The van der Waals surface area contributed by atoms with Crippen LogP contribution in [0, 0.1) is 11.3 Å². The molecule has 0 radical (unpaired) electrons. The zero-order chi connectivity index (χ0) is 20.9. The number of aliphatic hydroxyl groups is 1. The zero-order valence-electron chi connectivity index (χ0n) is 13.6. The number of aliphatic hydroxyl groups excluding tert-OH is 1. The van der Waals surface area contributed by atoms with Crippen LogP contribution >= 0.6 is 0 Å². The maximum atomic E-state index is 14.0. The minimum Gasteiger partial charge on any atom is -0.382 e. The van der Waals surface area contributed by atoms with E-state index < -0.39 is 49.8 Å². The van der Waals surface area contributed by atoms with Gasteiger partial charge < -0.3 is 10.4 Å². The van der Waals surface area contributed by atoms with Crippen molar-refractivity contribution in [2.24, 2.45) is 0 Å². The van der Waals surface area contributed by atoms with Crippen molar-refractivity contribution in [2.75, 3.05) is 5.32 Å². The Morgan fingerprint density at radius 2 is 1.96 bits per heavy atom. The molecule has 1 aliphatic rings. The highest BCUT2D eigenvalue weighted by molar-refractivity contribution is 7.92. The van der Waals surface area contributed by atoms with Gasteiger partial charge in [0.05, 0.1) is 22.3 Å².